The van der Waals surface area contributed by atoms with Gasteiger partial charge in [-0.3, -0.25) is 0 Å². The molecule has 0 saturated heterocycles. The molecule has 2 aromatic rings. The van der Waals surface area contributed by atoms with Crippen molar-refractivity contribution in [3.63, 3.8) is 0 Å². The molecule has 0 aliphatic rings. The van der Waals surface area contributed by atoms with Crippen LogP contribution in [0.2, 0.25) is 5.02 Å². The van der Waals surface area contributed by atoms with E-state index in [1.807, 2.05) is 24.3 Å². The van der Waals surface area contributed by atoms with Crippen LogP contribution >= 0.6 is 11.6 Å². The minimum atomic E-state index is -0.417. The lowest BCUT2D eigenvalue weighted by molar-refractivity contribution is 0.410. The molecule has 0 fully saturated rings. The molecule has 0 unspecified atom stereocenters. The first-order valence-corrected chi connectivity index (χ1v) is 5.89. The van der Waals surface area contributed by atoms with Crippen LogP contribution in [0.1, 0.15) is 5.56 Å². The van der Waals surface area contributed by atoms with E-state index in [2.05, 4.69) is 5.32 Å². The molecule has 4 heteroatoms. The van der Waals surface area contributed by atoms with Crippen LogP contribution in [0, 0.1) is 5.82 Å². The molecule has 0 spiro atoms. The van der Waals surface area contributed by atoms with E-state index in [1.165, 1.54) is 6.07 Å². The third-order valence-electron chi connectivity index (χ3n) is 2.60. The van der Waals surface area contributed by atoms with E-state index in [1.54, 1.807) is 19.2 Å². The topological polar surface area (TPSA) is 21.3 Å². The Morgan fingerprint density at radius 3 is 2.72 bits per heavy atom. The van der Waals surface area contributed by atoms with Gasteiger partial charge in [-0.2, -0.15) is 0 Å². The summed E-state index contributed by atoms with van der Waals surface area (Å²) in [5.41, 5.74) is 1.80. The van der Waals surface area contributed by atoms with Crippen LogP contribution < -0.4 is 10.1 Å². The first-order chi connectivity index (χ1) is 8.70. The van der Waals surface area contributed by atoms with E-state index in [0.29, 0.717) is 6.54 Å². The van der Waals surface area contributed by atoms with Crippen molar-refractivity contribution >= 4 is 17.3 Å². The maximum Gasteiger partial charge on any atom is 0.141 e. The summed E-state index contributed by atoms with van der Waals surface area (Å²) in [5.74, 6) is 0.401. The summed E-state index contributed by atoms with van der Waals surface area (Å²) >= 11 is 5.71. The zero-order valence-corrected chi connectivity index (χ0v) is 10.7. The van der Waals surface area contributed by atoms with Crippen molar-refractivity contribution in [1.82, 2.24) is 0 Å². The Morgan fingerprint density at radius 2 is 2.00 bits per heavy atom. The van der Waals surface area contributed by atoms with Gasteiger partial charge in [-0.05, 0) is 24.3 Å². The molecule has 2 aromatic carbocycles. The fourth-order valence-electron chi connectivity index (χ4n) is 1.65. The third kappa shape index (κ3) is 2.93. The zero-order valence-electron chi connectivity index (χ0n) is 9.91. The second-order valence-corrected chi connectivity index (χ2v) is 4.20. The highest BCUT2D eigenvalue weighted by Crippen LogP contribution is 2.22. The predicted molar refractivity (Wildman–Crippen MR) is 71.7 cm³/mol. The van der Waals surface area contributed by atoms with Crippen LogP contribution in [0.25, 0.3) is 0 Å². The lowest BCUT2D eigenvalue weighted by Crippen LogP contribution is -2.01. The monoisotopic (exact) mass is 265 g/mol. The lowest BCUT2D eigenvalue weighted by Gasteiger charge is -2.10. The molecule has 0 aromatic heterocycles. The number of rotatable bonds is 4. The number of para-hydroxylation sites is 1. The molecular formula is C14H13ClFNO. The molecule has 0 heterocycles. The summed E-state index contributed by atoms with van der Waals surface area (Å²) in [7, 11) is 1.63. The van der Waals surface area contributed by atoms with Crippen molar-refractivity contribution in [2.24, 2.45) is 0 Å². The van der Waals surface area contributed by atoms with Gasteiger partial charge >= 0.3 is 0 Å². The smallest absolute Gasteiger partial charge is 0.141 e. The Morgan fingerprint density at radius 1 is 1.22 bits per heavy atom. The molecule has 0 bridgehead atoms. The maximum absolute atomic E-state index is 13.0. The van der Waals surface area contributed by atoms with Crippen LogP contribution in [0.15, 0.2) is 42.5 Å². The molecule has 1 N–H and O–H groups in total. The molecule has 18 heavy (non-hydrogen) atoms. The molecule has 2 nitrogen and oxygen atoms in total. The number of anilines is 1. The largest absolute Gasteiger partial charge is 0.496 e. The summed E-state index contributed by atoms with van der Waals surface area (Å²) in [4.78, 5) is 0. The Hall–Kier alpha value is -1.74. The highest BCUT2D eigenvalue weighted by molar-refractivity contribution is 6.31. The quantitative estimate of drug-likeness (QED) is 0.899. The number of nitrogens with one attached hydrogen (secondary N) is 1. The van der Waals surface area contributed by atoms with Gasteiger partial charge in [0.25, 0.3) is 0 Å². The molecule has 0 saturated carbocycles. The van der Waals surface area contributed by atoms with E-state index in [0.717, 1.165) is 17.0 Å². The SMILES string of the molecule is COc1ccccc1CNc1ccc(F)c(Cl)c1. The first kappa shape index (κ1) is 12.7. The molecule has 0 radical (unpaired) electrons. The second kappa shape index (κ2) is 5.74. The van der Waals surface area contributed by atoms with E-state index in [4.69, 9.17) is 16.3 Å². The van der Waals surface area contributed by atoms with Gasteiger partial charge in [0, 0.05) is 17.8 Å². The van der Waals surface area contributed by atoms with Crippen molar-refractivity contribution in [3.05, 3.63) is 58.9 Å². The van der Waals surface area contributed by atoms with Gasteiger partial charge in [-0.25, -0.2) is 4.39 Å². The minimum Gasteiger partial charge on any atom is -0.496 e. The third-order valence-corrected chi connectivity index (χ3v) is 2.88. The van der Waals surface area contributed by atoms with Crippen molar-refractivity contribution in [2.45, 2.75) is 6.54 Å². The van der Waals surface area contributed by atoms with Crippen LogP contribution in [0.4, 0.5) is 10.1 Å². The molecule has 2 rings (SSSR count). The van der Waals surface area contributed by atoms with Crippen molar-refractivity contribution in [2.75, 3.05) is 12.4 Å². The van der Waals surface area contributed by atoms with Crippen LogP contribution in [0.3, 0.4) is 0 Å². The number of hydrogen-bond donors (Lipinski definition) is 1. The Labute approximate surface area is 110 Å². The van der Waals surface area contributed by atoms with Gasteiger partial charge in [-0.1, -0.05) is 29.8 Å². The normalized spacial score (nSPS) is 10.2. The van der Waals surface area contributed by atoms with Gasteiger partial charge in [0.2, 0.25) is 0 Å². The number of halogens is 2. The highest BCUT2D eigenvalue weighted by atomic mass is 35.5. The van der Waals surface area contributed by atoms with Crippen molar-refractivity contribution in [1.29, 1.82) is 0 Å². The summed E-state index contributed by atoms with van der Waals surface area (Å²) < 4.78 is 18.3. The van der Waals surface area contributed by atoms with Crippen molar-refractivity contribution in [3.8, 4) is 5.75 Å². The lowest BCUT2D eigenvalue weighted by atomic mass is 10.2. The molecule has 0 atom stereocenters. The average Bonchev–Trinajstić information content (AvgIpc) is 2.40. The van der Waals surface area contributed by atoms with Gasteiger partial charge in [0.1, 0.15) is 11.6 Å². The number of ether oxygens (including phenoxy) is 1. The van der Waals surface area contributed by atoms with Gasteiger partial charge in [-0.15, -0.1) is 0 Å². The zero-order chi connectivity index (χ0) is 13.0. The standard InChI is InChI=1S/C14H13ClFNO/c1-18-14-5-3-2-4-10(14)9-17-11-6-7-13(16)12(15)8-11/h2-8,17H,9H2,1H3. The van der Waals surface area contributed by atoms with Gasteiger partial charge < -0.3 is 10.1 Å². The molecule has 94 valence electrons. The van der Waals surface area contributed by atoms with Crippen molar-refractivity contribution < 1.29 is 9.13 Å². The van der Waals surface area contributed by atoms with E-state index in [9.17, 15) is 4.39 Å². The van der Waals surface area contributed by atoms with Crippen LogP contribution in [-0.4, -0.2) is 7.11 Å². The van der Waals surface area contributed by atoms with Crippen LogP contribution in [-0.2, 0) is 6.54 Å². The highest BCUT2D eigenvalue weighted by Gasteiger charge is 2.03. The number of methoxy groups -OCH3 is 1. The fourth-order valence-corrected chi connectivity index (χ4v) is 1.83. The summed E-state index contributed by atoms with van der Waals surface area (Å²) in [6.45, 7) is 0.589. The maximum atomic E-state index is 13.0. The summed E-state index contributed by atoms with van der Waals surface area (Å²) in [6.07, 6.45) is 0. The Bertz CT molecular complexity index is 545. The fraction of sp³-hybridized carbons (Fsp3) is 0.143. The van der Waals surface area contributed by atoms with Gasteiger partial charge in [0.15, 0.2) is 0 Å². The Kier molecular flexibility index (Phi) is 4.05. The van der Waals surface area contributed by atoms with E-state index < -0.39 is 5.82 Å². The summed E-state index contributed by atoms with van der Waals surface area (Å²) in [5, 5.41) is 3.28. The van der Waals surface area contributed by atoms with Crippen LogP contribution in [0.5, 0.6) is 5.75 Å². The molecule has 0 aliphatic heterocycles. The second-order valence-electron chi connectivity index (χ2n) is 3.79. The Balaban J connectivity index is 2.09. The average molecular weight is 266 g/mol. The van der Waals surface area contributed by atoms with Gasteiger partial charge in [0.05, 0.1) is 12.1 Å². The minimum absolute atomic E-state index is 0.111. The summed E-state index contributed by atoms with van der Waals surface area (Å²) in [6, 6.07) is 12.3. The molecular weight excluding hydrogens is 253 g/mol. The first-order valence-electron chi connectivity index (χ1n) is 5.51. The molecule has 0 amide bonds. The predicted octanol–water partition coefficient (Wildman–Crippen LogP) is 4.10. The van der Waals surface area contributed by atoms with E-state index >= 15 is 0 Å². The number of benzene rings is 2. The number of hydrogen-bond acceptors (Lipinski definition) is 2. The molecule has 0 aliphatic carbocycles. The van der Waals surface area contributed by atoms with E-state index in [-0.39, 0.29) is 5.02 Å².